The first-order valence-corrected chi connectivity index (χ1v) is 7.57. The molecule has 118 valence electrons. The van der Waals surface area contributed by atoms with E-state index in [4.69, 9.17) is 4.74 Å². The Morgan fingerprint density at radius 1 is 1.09 bits per heavy atom. The first-order chi connectivity index (χ1) is 11.2. The number of amides is 2. The number of imide groups is 1. The first kappa shape index (κ1) is 15.2. The van der Waals surface area contributed by atoms with Crippen LogP contribution < -0.4 is 10.6 Å². The molecule has 0 fully saturated rings. The summed E-state index contributed by atoms with van der Waals surface area (Å²) in [6.45, 7) is 1.85. The van der Waals surface area contributed by atoms with Crippen LogP contribution in [0, 0.1) is 0 Å². The molecule has 3 rings (SSSR count). The minimum absolute atomic E-state index is 0.135. The van der Waals surface area contributed by atoms with Gasteiger partial charge in [0.1, 0.15) is 6.61 Å². The molecule has 5 heteroatoms. The number of alkyl carbamates (subject to hydrolysis) is 1. The summed E-state index contributed by atoms with van der Waals surface area (Å²) in [6, 6.07) is 14.8. The molecule has 0 aromatic heterocycles. The molecule has 1 aliphatic heterocycles. The van der Waals surface area contributed by atoms with Gasteiger partial charge in [0.2, 0.25) is 0 Å². The highest BCUT2D eigenvalue weighted by molar-refractivity contribution is 6.03. The summed E-state index contributed by atoms with van der Waals surface area (Å²) >= 11 is 0. The molecule has 0 spiro atoms. The van der Waals surface area contributed by atoms with E-state index in [-0.39, 0.29) is 6.61 Å². The molecular formula is C18H18N2O3. The van der Waals surface area contributed by atoms with Gasteiger partial charge in [-0.15, -0.1) is 0 Å². The van der Waals surface area contributed by atoms with Crippen molar-refractivity contribution in [2.45, 2.75) is 19.6 Å². The number of rotatable bonds is 3. The Morgan fingerprint density at radius 3 is 2.74 bits per heavy atom. The smallest absolute Gasteiger partial charge is 0.414 e. The van der Waals surface area contributed by atoms with E-state index in [9.17, 15) is 9.59 Å². The number of ether oxygens (including phenoxy) is 1. The van der Waals surface area contributed by atoms with Crippen molar-refractivity contribution in [1.82, 2.24) is 10.6 Å². The van der Waals surface area contributed by atoms with Crippen molar-refractivity contribution in [3.05, 3.63) is 70.8 Å². The third-order valence-electron chi connectivity index (χ3n) is 3.78. The van der Waals surface area contributed by atoms with E-state index in [0.29, 0.717) is 5.56 Å². The Morgan fingerprint density at radius 2 is 1.91 bits per heavy atom. The molecule has 2 amide bonds. The zero-order valence-electron chi connectivity index (χ0n) is 12.7. The highest BCUT2D eigenvalue weighted by Crippen LogP contribution is 2.16. The number of hydrogen-bond donors (Lipinski definition) is 2. The van der Waals surface area contributed by atoms with Gasteiger partial charge in [0.05, 0.1) is 0 Å². The molecule has 0 aliphatic carbocycles. The van der Waals surface area contributed by atoms with Crippen molar-refractivity contribution < 1.29 is 14.3 Å². The van der Waals surface area contributed by atoms with Gasteiger partial charge in [0.25, 0.3) is 5.91 Å². The lowest BCUT2D eigenvalue weighted by molar-refractivity contribution is 0.0912. The molecule has 0 atom stereocenters. The lowest BCUT2D eigenvalue weighted by Crippen LogP contribution is -2.31. The van der Waals surface area contributed by atoms with E-state index < -0.39 is 12.0 Å². The van der Waals surface area contributed by atoms with Crippen molar-refractivity contribution in [1.29, 1.82) is 0 Å². The number of nitrogens with one attached hydrogen (secondary N) is 2. The summed E-state index contributed by atoms with van der Waals surface area (Å²) in [7, 11) is 0. The molecule has 5 nitrogen and oxygen atoms in total. The zero-order valence-corrected chi connectivity index (χ0v) is 12.7. The topological polar surface area (TPSA) is 67.4 Å². The zero-order chi connectivity index (χ0) is 16.1. The molecule has 1 heterocycles. The molecule has 1 aliphatic rings. The van der Waals surface area contributed by atoms with Gasteiger partial charge in [-0.1, -0.05) is 36.4 Å². The molecule has 2 aromatic carbocycles. The van der Waals surface area contributed by atoms with Crippen LogP contribution in [0.4, 0.5) is 4.79 Å². The van der Waals surface area contributed by atoms with Gasteiger partial charge in [0.15, 0.2) is 0 Å². The molecule has 23 heavy (non-hydrogen) atoms. The fraction of sp³-hybridized carbons (Fsp3) is 0.222. The molecule has 0 saturated carbocycles. The van der Waals surface area contributed by atoms with Gasteiger partial charge in [0, 0.05) is 12.1 Å². The maximum absolute atomic E-state index is 12.1. The summed E-state index contributed by atoms with van der Waals surface area (Å²) in [5.41, 5.74) is 3.69. The predicted octanol–water partition coefficient (Wildman–Crippen LogP) is 2.40. The van der Waals surface area contributed by atoms with Crippen LogP contribution in [0.2, 0.25) is 0 Å². The van der Waals surface area contributed by atoms with Crippen LogP contribution in [0.25, 0.3) is 0 Å². The van der Waals surface area contributed by atoms with Crippen LogP contribution in [-0.2, 0) is 24.3 Å². The summed E-state index contributed by atoms with van der Waals surface area (Å²) in [5.74, 6) is -0.440. The number of carbonyl (C=O) groups excluding carboxylic acids is 2. The van der Waals surface area contributed by atoms with Gasteiger partial charge in [-0.2, -0.15) is 0 Å². The Hall–Kier alpha value is -2.66. The predicted molar refractivity (Wildman–Crippen MR) is 85.9 cm³/mol. The van der Waals surface area contributed by atoms with E-state index in [1.165, 1.54) is 5.56 Å². The highest BCUT2D eigenvalue weighted by atomic mass is 16.5. The number of hydrogen-bond acceptors (Lipinski definition) is 4. The van der Waals surface area contributed by atoms with Crippen LogP contribution >= 0.6 is 0 Å². The largest absolute Gasteiger partial charge is 0.444 e. The van der Waals surface area contributed by atoms with Crippen LogP contribution in [0.3, 0.4) is 0 Å². The summed E-state index contributed by atoms with van der Waals surface area (Å²) in [5, 5.41) is 5.54. The molecule has 0 bridgehead atoms. The van der Waals surface area contributed by atoms with Gasteiger partial charge in [-0.3, -0.25) is 10.1 Å². The number of benzene rings is 2. The third-order valence-corrected chi connectivity index (χ3v) is 3.78. The van der Waals surface area contributed by atoms with E-state index in [0.717, 1.165) is 30.6 Å². The Bertz CT molecular complexity index is 713. The Labute approximate surface area is 134 Å². The van der Waals surface area contributed by atoms with E-state index in [1.807, 2.05) is 42.5 Å². The van der Waals surface area contributed by atoms with Crippen LogP contribution in [0.15, 0.2) is 48.5 Å². The molecule has 0 radical (unpaired) electrons. The second-order valence-electron chi connectivity index (χ2n) is 5.43. The van der Waals surface area contributed by atoms with Gasteiger partial charge < -0.3 is 10.1 Å². The van der Waals surface area contributed by atoms with Crippen molar-refractivity contribution in [2.24, 2.45) is 0 Å². The highest BCUT2D eigenvalue weighted by Gasteiger charge is 2.15. The second-order valence-corrected chi connectivity index (χ2v) is 5.43. The van der Waals surface area contributed by atoms with Crippen LogP contribution in [-0.4, -0.2) is 18.5 Å². The normalized spacial score (nSPS) is 13.0. The van der Waals surface area contributed by atoms with E-state index in [2.05, 4.69) is 10.6 Å². The summed E-state index contributed by atoms with van der Waals surface area (Å²) in [4.78, 5) is 23.8. The first-order valence-electron chi connectivity index (χ1n) is 7.57. The maximum atomic E-state index is 12.1. The average molecular weight is 310 g/mol. The fourth-order valence-corrected chi connectivity index (χ4v) is 2.54. The average Bonchev–Trinajstić information content (AvgIpc) is 2.60. The van der Waals surface area contributed by atoms with Gasteiger partial charge in [-0.05, 0) is 41.8 Å². The van der Waals surface area contributed by atoms with Crippen molar-refractivity contribution in [2.75, 3.05) is 6.54 Å². The molecule has 2 N–H and O–H groups in total. The molecule has 0 unspecified atom stereocenters. The standard InChI is InChI=1S/C18H18N2O3/c21-17(15-6-7-16-11-19-9-8-14(16)10-15)20-18(22)23-12-13-4-2-1-3-5-13/h1-7,10,19H,8-9,11-12H2,(H,20,21,22). The van der Waals surface area contributed by atoms with Crippen molar-refractivity contribution in [3.63, 3.8) is 0 Å². The Balaban J connectivity index is 1.57. The minimum Gasteiger partial charge on any atom is -0.444 e. The molecular weight excluding hydrogens is 292 g/mol. The summed E-state index contributed by atoms with van der Waals surface area (Å²) < 4.78 is 5.05. The second kappa shape index (κ2) is 7.07. The van der Waals surface area contributed by atoms with E-state index >= 15 is 0 Å². The maximum Gasteiger partial charge on any atom is 0.414 e. The lowest BCUT2D eigenvalue weighted by Gasteiger charge is -2.17. The van der Waals surface area contributed by atoms with Gasteiger partial charge in [-0.25, -0.2) is 4.79 Å². The van der Waals surface area contributed by atoms with E-state index in [1.54, 1.807) is 6.07 Å². The van der Waals surface area contributed by atoms with Crippen molar-refractivity contribution >= 4 is 12.0 Å². The van der Waals surface area contributed by atoms with Crippen LogP contribution in [0.5, 0.6) is 0 Å². The lowest BCUT2D eigenvalue weighted by atomic mass is 9.98. The monoisotopic (exact) mass is 310 g/mol. The van der Waals surface area contributed by atoms with Crippen LogP contribution in [0.1, 0.15) is 27.0 Å². The molecule has 2 aromatic rings. The SMILES string of the molecule is O=C(NC(=O)c1ccc2c(c1)CCNC2)OCc1ccccc1. The quantitative estimate of drug-likeness (QED) is 0.913. The third kappa shape index (κ3) is 3.96. The number of fused-ring (bicyclic) bond motifs is 1. The molecule has 0 saturated heterocycles. The minimum atomic E-state index is -0.738. The Kier molecular flexibility index (Phi) is 4.68. The fourth-order valence-electron chi connectivity index (χ4n) is 2.54. The summed E-state index contributed by atoms with van der Waals surface area (Å²) in [6.07, 6.45) is 0.146. The van der Waals surface area contributed by atoms with Crippen molar-refractivity contribution in [3.8, 4) is 0 Å². The number of carbonyl (C=O) groups is 2. The van der Waals surface area contributed by atoms with Gasteiger partial charge >= 0.3 is 6.09 Å².